The van der Waals surface area contributed by atoms with E-state index in [-0.39, 0.29) is 6.10 Å². The summed E-state index contributed by atoms with van der Waals surface area (Å²) >= 11 is 0. The molecule has 1 aliphatic rings. The maximum absolute atomic E-state index is 9.10. The molecule has 18 heavy (non-hydrogen) atoms. The van der Waals surface area contributed by atoms with Crippen molar-refractivity contribution in [3.63, 3.8) is 0 Å². The summed E-state index contributed by atoms with van der Waals surface area (Å²) in [5.74, 6) is 0. The van der Waals surface area contributed by atoms with Gasteiger partial charge in [0.15, 0.2) is 0 Å². The van der Waals surface area contributed by atoms with Gasteiger partial charge in [0.25, 0.3) is 0 Å². The zero-order valence-corrected chi connectivity index (χ0v) is 11.0. The molecule has 1 aliphatic heterocycles. The van der Waals surface area contributed by atoms with E-state index in [2.05, 4.69) is 22.9 Å². The molecule has 1 fully saturated rings. The second-order valence-electron chi connectivity index (χ2n) is 4.76. The molecular weight excluding hydrogens is 226 g/mol. The molecule has 1 heterocycles. The molecule has 4 nitrogen and oxygen atoms in total. The lowest BCUT2D eigenvalue weighted by Crippen LogP contribution is -2.45. The van der Waals surface area contributed by atoms with Gasteiger partial charge in [-0.25, -0.2) is 0 Å². The van der Waals surface area contributed by atoms with Crippen LogP contribution in [0.25, 0.3) is 0 Å². The first-order valence-corrected chi connectivity index (χ1v) is 6.21. The first-order valence-electron chi connectivity index (χ1n) is 6.21. The second kappa shape index (κ2) is 5.85. The van der Waals surface area contributed by atoms with Crippen LogP contribution in [-0.4, -0.2) is 51.3 Å². The number of hydrogen-bond donors (Lipinski definition) is 0. The van der Waals surface area contributed by atoms with Crippen molar-refractivity contribution >= 4 is 5.69 Å². The average molecular weight is 245 g/mol. The van der Waals surface area contributed by atoms with Crippen LogP contribution in [0.15, 0.2) is 24.3 Å². The summed E-state index contributed by atoms with van der Waals surface area (Å²) in [5.41, 5.74) is 1.68. The number of rotatable bonds is 3. The largest absolute Gasteiger partial charge is 0.374 e. The van der Waals surface area contributed by atoms with Crippen molar-refractivity contribution in [2.45, 2.75) is 6.10 Å². The zero-order chi connectivity index (χ0) is 13.0. The standard InChI is InChI=1S/C14H19N3O/c1-16-7-8-18-13(10-16)11-17(2)14-6-4-3-5-12(14)9-15/h3-6,13H,7-8,10-11H2,1-2H3. The maximum Gasteiger partial charge on any atom is 0.101 e. The van der Waals surface area contributed by atoms with Gasteiger partial charge >= 0.3 is 0 Å². The molecule has 0 N–H and O–H groups in total. The Morgan fingerprint density at radius 1 is 1.50 bits per heavy atom. The molecule has 0 bridgehead atoms. The van der Waals surface area contributed by atoms with E-state index in [1.54, 1.807) is 0 Å². The van der Waals surface area contributed by atoms with Crippen LogP contribution in [0.4, 0.5) is 5.69 Å². The lowest BCUT2D eigenvalue weighted by Gasteiger charge is -2.33. The molecule has 1 atom stereocenters. The molecule has 0 aliphatic carbocycles. The zero-order valence-electron chi connectivity index (χ0n) is 11.0. The van der Waals surface area contributed by atoms with Gasteiger partial charge in [0.05, 0.1) is 24.0 Å². The van der Waals surface area contributed by atoms with Crippen molar-refractivity contribution in [1.29, 1.82) is 5.26 Å². The predicted molar refractivity (Wildman–Crippen MR) is 71.7 cm³/mol. The number of likely N-dealkylation sites (N-methyl/N-ethyl adjacent to an activating group) is 2. The van der Waals surface area contributed by atoms with Crippen molar-refractivity contribution in [3.8, 4) is 6.07 Å². The Morgan fingerprint density at radius 3 is 3.00 bits per heavy atom. The first-order chi connectivity index (χ1) is 8.70. The summed E-state index contributed by atoms with van der Waals surface area (Å²) in [4.78, 5) is 4.38. The third-order valence-corrected chi connectivity index (χ3v) is 3.26. The molecule has 0 saturated carbocycles. The third-order valence-electron chi connectivity index (χ3n) is 3.26. The van der Waals surface area contributed by atoms with E-state index in [0.29, 0.717) is 5.56 Å². The molecular formula is C14H19N3O. The van der Waals surface area contributed by atoms with Gasteiger partial charge in [-0.3, -0.25) is 0 Å². The molecule has 96 valence electrons. The van der Waals surface area contributed by atoms with E-state index in [1.807, 2.05) is 31.3 Å². The van der Waals surface area contributed by atoms with Crippen LogP contribution < -0.4 is 4.90 Å². The van der Waals surface area contributed by atoms with Gasteiger partial charge in [0, 0.05) is 26.7 Å². The van der Waals surface area contributed by atoms with Crippen molar-refractivity contribution in [1.82, 2.24) is 4.90 Å². The van der Waals surface area contributed by atoms with Gasteiger partial charge < -0.3 is 14.5 Å². The lowest BCUT2D eigenvalue weighted by atomic mass is 10.1. The van der Waals surface area contributed by atoms with E-state index < -0.39 is 0 Å². The molecule has 0 radical (unpaired) electrons. The normalized spacial score (nSPS) is 20.4. The number of hydrogen-bond acceptors (Lipinski definition) is 4. The summed E-state index contributed by atoms with van der Waals surface area (Å²) in [7, 11) is 4.12. The highest BCUT2D eigenvalue weighted by Gasteiger charge is 2.20. The molecule has 4 heteroatoms. The summed E-state index contributed by atoms with van der Waals surface area (Å²) in [6.45, 7) is 3.53. The Bertz CT molecular complexity index is 441. The van der Waals surface area contributed by atoms with Crippen LogP contribution in [0.3, 0.4) is 0 Å². The monoisotopic (exact) mass is 245 g/mol. The lowest BCUT2D eigenvalue weighted by molar-refractivity contribution is -0.0143. The Hall–Kier alpha value is -1.57. The summed E-state index contributed by atoms with van der Waals surface area (Å²) in [6, 6.07) is 9.90. The minimum Gasteiger partial charge on any atom is -0.374 e. The number of ether oxygens (including phenoxy) is 1. The minimum atomic E-state index is 0.209. The molecule has 0 aromatic heterocycles. The molecule has 0 amide bonds. The van der Waals surface area contributed by atoms with Gasteiger partial charge in [-0.05, 0) is 19.2 Å². The van der Waals surface area contributed by atoms with Crippen LogP contribution in [0.5, 0.6) is 0 Å². The first kappa shape index (κ1) is 12.9. The van der Waals surface area contributed by atoms with Crippen molar-refractivity contribution in [2.75, 3.05) is 45.2 Å². The molecule has 0 spiro atoms. The van der Waals surface area contributed by atoms with E-state index in [4.69, 9.17) is 10.00 Å². The van der Waals surface area contributed by atoms with Crippen LogP contribution in [-0.2, 0) is 4.74 Å². The van der Waals surface area contributed by atoms with E-state index in [9.17, 15) is 0 Å². The molecule has 1 saturated heterocycles. The quantitative estimate of drug-likeness (QED) is 0.805. The smallest absolute Gasteiger partial charge is 0.101 e. The molecule has 1 aromatic carbocycles. The van der Waals surface area contributed by atoms with Gasteiger partial charge in [0.2, 0.25) is 0 Å². The maximum atomic E-state index is 9.10. The second-order valence-corrected chi connectivity index (χ2v) is 4.76. The van der Waals surface area contributed by atoms with Crippen molar-refractivity contribution in [2.24, 2.45) is 0 Å². The third kappa shape index (κ3) is 3.00. The summed E-state index contributed by atoms with van der Waals surface area (Å²) in [6.07, 6.45) is 0.209. The van der Waals surface area contributed by atoms with E-state index in [1.165, 1.54) is 0 Å². The van der Waals surface area contributed by atoms with Crippen LogP contribution in [0, 0.1) is 11.3 Å². The molecule has 2 rings (SSSR count). The Morgan fingerprint density at radius 2 is 2.28 bits per heavy atom. The predicted octanol–water partition coefficient (Wildman–Crippen LogP) is 1.33. The van der Waals surface area contributed by atoms with Gasteiger partial charge in [0.1, 0.15) is 6.07 Å². The SMILES string of the molecule is CN1CCOC(CN(C)c2ccccc2C#N)C1. The Balaban J connectivity index is 2.03. The highest BCUT2D eigenvalue weighted by atomic mass is 16.5. The number of benzene rings is 1. The Kier molecular flexibility index (Phi) is 4.19. The van der Waals surface area contributed by atoms with Gasteiger partial charge in [-0.2, -0.15) is 5.26 Å². The summed E-state index contributed by atoms with van der Waals surface area (Å²) < 4.78 is 5.75. The highest BCUT2D eigenvalue weighted by Crippen LogP contribution is 2.19. The van der Waals surface area contributed by atoms with Crippen LogP contribution in [0.1, 0.15) is 5.56 Å². The van der Waals surface area contributed by atoms with Crippen LogP contribution in [0.2, 0.25) is 0 Å². The van der Waals surface area contributed by atoms with E-state index >= 15 is 0 Å². The van der Waals surface area contributed by atoms with Crippen molar-refractivity contribution < 1.29 is 4.74 Å². The number of anilines is 1. The van der Waals surface area contributed by atoms with Crippen LogP contribution >= 0.6 is 0 Å². The fourth-order valence-electron chi connectivity index (χ4n) is 2.28. The summed E-state index contributed by atoms with van der Waals surface area (Å²) in [5, 5.41) is 9.10. The molecule has 1 aromatic rings. The average Bonchev–Trinajstić information content (AvgIpc) is 2.38. The van der Waals surface area contributed by atoms with Crippen molar-refractivity contribution in [3.05, 3.63) is 29.8 Å². The number of para-hydroxylation sites is 1. The fourth-order valence-corrected chi connectivity index (χ4v) is 2.28. The van der Waals surface area contributed by atoms with Gasteiger partial charge in [-0.15, -0.1) is 0 Å². The highest BCUT2D eigenvalue weighted by molar-refractivity contribution is 5.58. The number of nitriles is 1. The Labute approximate surface area is 108 Å². The minimum absolute atomic E-state index is 0.209. The number of nitrogens with zero attached hydrogens (tertiary/aromatic N) is 3. The number of morpholine rings is 1. The topological polar surface area (TPSA) is 39.5 Å². The van der Waals surface area contributed by atoms with Gasteiger partial charge in [-0.1, -0.05) is 12.1 Å². The van der Waals surface area contributed by atoms with E-state index in [0.717, 1.165) is 31.9 Å². The molecule has 1 unspecified atom stereocenters. The fraction of sp³-hybridized carbons (Fsp3) is 0.500.